The molecule has 0 radical (unpaired) electrons. The van der Waals surface area contributed by atoms with Crippen LogP contribution in [0.15, 0.2) is 77.7 Å². The first-order valence-corrected chi connectivity index (χ1v) is 11.6. The van der Waals surface area contributed by atoms with Gasteiger partial charge in [-0.3, -0.25) is 0 Å². The summed E-state index contributed by atoms with van der Waals surface area (Å²) in [6.07, 6.45) is 0. The molecule has 9 heteroatoms. The maximum Gasteiger partial charge on any atom is 0.339 e. The Bertz CT molecular complexity index is 1210. The molecule has 3 aromatic carbocycles. The van der Waals surface area contributed by atoms with Crippen molar-refractivity contribution in [2.24, 2.45) is 0 Å². The van der Waals surface area contributed by atoms with E-state index >= 15 is 0 Å². The van der Waals surface area contributed by atoms with E-state index in [4.69, 9.17) is 8.92 Å². The first kappa shape index (κ1) is 24.1. The number of nitrogens with zero attached hydrogens (tertiary/aromatic N) is 1. The van der Waals surface area contributed by atoms with Gasteiger partial charge in [-0.2, -0.15) is 8.42 Å². The number of methoxy groups -OCH3 is 1. The minimum absolute atomic E-state index is 0.0914. The number of nitrogens with one attached hydrogen (secondary N) is 1. The maximum atomic E-state index is 13.1. The van der Waals surface area contributed by atoms with Crippen molar-refractivity contribution in [3.05, 3.63) is 84.2 Å². The van der Waals surface area contributed by atoms with Gasteiger partial charge in [0.15, 0.2) is 0 Å². The highest BCUT2D eigenvalue weighted by molar-refractivity contribution is 7.87. The van der Waals surface area contributed by atoms with Gasteiger partial charge in [0.25, 0.3) is 0 Å². The van der Waals surface area contributed by atoms with Crippen molar-refractivity contribution >= 4 is 21.8 Å². The quantitative estimate of drug-likeness (QED) is 0.464. The molecule has 0 saturated carbocycles. The maximum absolute atomic E-state index is 13.1. The lowest BCUT2D eigenvalue weighted by molar-refractivity contribution is 0.193. The van der Waals surface area contributed by atoms with Crippen LogP contribution in [-0.2, 0) is 16.7 Å². The fourth-order valence-electron chi connectivity index (χ4n) is 3.05. The Hall–Kier alpha value is -3.59. The van der Waals surface area contributed by atoms with E-state index in [-0.39, 0.29) is 29.3 Å². The van der Waals surface area contributed by atoms with Crippen molar-refractivity contribution in [2.75, 3.05) is 12.4 Å². The second kappa shape index (κ2) is 10.4. The van der Waals surface area contributed by atoms with Gasteiger partial charge < -0.3 is 19.1 Å². The van der Waals surface area contributed by atoms with Crippen LogP contribution in [0.2, 0.25) is 0 Å². The monoisotopic (exact) mass is 472 g/mol. The summed E-state index contributed by atoms with van der Waals surface area (Å²) in [5.41, 5.74) is 1.27. The molecule has 0 fully saturated rings. The Kier molecular flexibility index (Phi) is 7.55. The molecule has 7 nitrogen and oxygen atoms in total. The highest BCUT2D eigenvalue weighted by atomic mass is 32.2. The van der Waals surface area contributed by atoms with E-state index in [1.807, 2.05) is 13.8 Å². The summed E-state index contributed by atoms with van der Waals surface area (Å²) in [4.78, 5) is 14.3. The van der Waals surface area contributed by atoms with Crippen molar-refractivity contribution in [3.63, 3.8) is 0 Å². The van der Waals surface area contributed by atoms with Crippen molar-refractivity contribution in [2.45, 2.75) is 31.3 Å². The molecule has 33 heavy (non-hydrogen) atoms. The van der Waals surface area contributed by atoms with E-state index in [2.05, 4.69) is 5.32 Å². The molecule has 3 rings (SSSR count). The van der Waals surface area contributed by atoms with Crippen molar-refractivity contribution in [3.8, 4) is 11.5 Å². The lowest BCUT2D eigenvalue weighted by atomic mass is 10.2. The third-order valence-corrected chi connectivity index (χ3v) is 6.03. The molecule has 0 aliphatic heterocycles. The van der Waals surface area contributed by atoms with Gasteiger partial charge in [0, 0.05) is 24.3 Å². The van der Waals surface area contributed by atoms with Crippen LogP contribution in [0.3, 0.4) is 0 Å². The number of carbonyl (C=O) groups excluding carboxylic acids is 1. The second-order valence-corrected chi connectivity index (χ2v) is 9.07. The molecule has 3 aromatic rings. The van der Waals surface area contributed by atoms with E-state index < -0.39 is 15.9 Å². The molecule has 0 aliphatic rings. The summed E-state index contributed by atoms with van der Waals surface area (Å²) in [5.74, 6) is 0.168. The average Bonchev–Trinajstić information content (AvgIpc) is 2.77. The van der Waals surface area contributed by atoms with Gasteiger partial charge in [0.2, 0.25) is 0 Å². The van der Waals surface area contributed by atoms with Gasteiger partial charge in [-0.15, -0.1) is 0 Å². The first-order valence-electron chi connectivity index (χ1n) is 10.2. The predicted molar refractivity (Wildman–Crippen MR) is 123 cm³/mol. The van der Waals surface area contributed by atoms with Crippen LogP contribution in [0.25, 0.3) is 0 Å². The van der Waals surface area contributed by atoms with Gasteiger partial charge >= 0.3 is 16.1 Å². The Morgan fingerprint density at radius 3 is 2.33 bits per heavy atom. The minimum atomic E-state index is -4.13. The summed E-state index contributed by atoms with van der Waals surface area (Å²) in [7, 11) is -2.58. The number of anilines is 1. The number of amides is 2. The van der Waals surface area contributed by atoms with Gasteiger partial charge in [0.05, 0.1) is 7.11 Å². The van der Waals surface area contributed by atoms with Gasteiger partial charge in [-0.25, -0.2) is 9.18 Å². The molecule has 0 aliphatic carbocycles. The van der Waals surface area contributed by atoms with Crippen LogP contribution in [0.4, 0.5) is 14.9 Å². The van der Waals surface area contributed by atoms with Crippen LogP contribution >= 0.6 is 0 Å². The number of urea groups is 1. The summed E-state index contributed by atoms with van der Waals surface area (Å²) in [6.45, 7) is 3.98. The van der Waals surface area contributed by atoms with E-state index in [1.165, 1.54) is 6.07 Å². The molecular weight excluding hydrogens is 447 g/mol. The number of halogens is 1. The molecule has 0 unspecified atom stereocenters. The highest BCUT2D eigenvalue weighted by Crippen LogP contribution is 2.22. The molecule has 1 N–H and O–H groups in total. The van der Waals surface area contributed by atoms with Crippen LogP contribution in [-0.4, -0.2) is 32.5 Å². The molecule has 0 spiro atoms. The number of rotatable bonds is 8. The summed E-state index contributed by atoms with van der Waals surface area (Å²) < 4.78 is 48.5. The van der Waals surface area contributed by atoms with Crippen molar-refractivity contribution in [1.29, 1.82) is 0 Å². The van der Waals surface area contributed by atoms with Crippen molar-refractivity contribution < 1.29 is 26.5 Å². The van der Waals surface area contributed by atoms with Crippen molar-refractivity contribution in [1.82, 2.24) is 4.90 Å². The number of hydrogen-bond donors (Lipinski definition) is 1. The smallest absolute Gasteiger partial charge is 0.339 e. The van der Waals surface area contributed by atoms with Gasteiger partial charge in [0.1, 0.15) is 22.2 Å². The molecule has 0 atom stereocenters. The fraction of sp³-hybridized carbons (Fsp3) is 0.208. The lowest BCUT2D eigenvalue weighted by Gasteiger charge is -2.27. The largest absolute Gasteiger partial charge is 0.497 e. The summed E-state index contributed by atoms with van der Waals surface area (Å²) in [5, 5.41) is 2.85. The van der Waals surface area contributed by atoms with Crippen LogP contribution in [0, 0.1) is 5.82 Å². The fourth-order valence-corrected chi connectivity index (χ4v) is 3.98. The minimum Gasteiger partial charge on any atom is -0.497 e. The summed E-state index contributed by atoms with van der Waals surface area (Å²) in [6, 6.07) is 17.4. The zero-order chi connectivity index (χ0) is 24.0. The number of carbonyl (C=O) groups is 1. The number of ether oxygens (including phenoxy) is 1. The standard InChI is InChI=1S/C24H25FN2O5S/c1-17(2)27(24(28)26-20-7-5-8-21(15-20)31-3)16-18-6-4-9-22(14-18)32-33(29,30)23-12-10-19(25)11-13-23/h4-15,17H,16H2,1-3H3,(H,26,28). The van der Waals surface area contributed by atoms with E-state index in [9.17, 15) is 17.6 Å². The molecule has 174 valence electrons. The number of hydrogen-bond acceptors (Lipinski definition) is 5. The first-order chi connectivity index (χ1) is 15.7. The molecule has 0 bridgehead atoms. The molecule has 2 amide bonds. The van der Waals surface area contributed by atoms with Gasteiger partial charge in [-0.05, 0) is 67.9 Å². The topological polar surface area (TPSA) is 84.9 Å². The van der Waals surface area contributed by atoms with Crippen LogP contribution < -0.4 is 14.2 Å². The number of benzene rings is 3. The van der Waals surface area contributed by atoms with E-state index in [0.29, 0.717) is 17.0 Å². The zero-order valence-electron chi connectivity index (χ0n) is 18.5. The Labute approximate surface area is 192 Å². The van der Waals surface area contributed by atoms with Gasteiger partial charge in [-0.1, -0.05) is 18.2 Å². The zero-order valence-corrected chi connectivity index (χ0v) is 19.3. The predicted octanol–water partition coefficient (Wildman–Crippen LogP) is 5.04. The molecule has 0 saturated heterocycles. The van der Waals surface area contributed by atoms with E-state index in [0.717, 1.165) is 24.3 Å². The molecule has 0 heterocycles. The highest BCUT2D eigenvalue weighted by Gasteiger charge is 2.20. The average molecular weight is 473 g/mol. The Balaban J connectivity index is 1.74. The normalized spacial score (nSPS) is 11.2. The van der Waals surface area contributed by atoms with E-state index in [1.54, 1.807) is 54.5 Å². The van der Waals surface area contributed by atoms with Crippen LogP contribution in [0.5, 0.6) is 11.5 Å². The third kappa shape index (κ3) is 6.45. The van der Waals surface area contributed by atoms with Crippen LogP contribution in [0.1, 0.15) is 19.4 Å². The summed E-state index contributed by atoms with van der Waals surface area (Å²) >= 11 is 0. The SMILES string of the molecule is COc1cccc(NC(=O)N(Cc2cccc(OS(=O)(=O)c3ccc(F)cc3)c2)C(C)C)c1. The lowest BCUT2D eigenvalue weighted by Crippen LogP contribution is -2.39. The second-order valence-electron chi connectivity index (χ2n) is 7.52. The molecule has 0 aromatic heterocycles. The Morgan fingerprint density at radius 1 is 1.00 bits per heavy atom. The Morgan fingerprint density at radius 2 is 1.67 bits per heavy atom. The third-order valence-electron chi connectivity index (χ3n) is 4.76. The molecular formula is C24H25FN2O5S.